The topological polar surface area (TPSA) is 55.2 Å². The van der Waals surface area contributed by atoms with E-state index in [-0.39, 0.29) is 10.6 Å². The molecule has 2 aromatic rings. The fourth-order valence-corrected chi connectivity index (χ4v) is 3.51. The van der Waals surface area contributed by atoms with E-state index in [1.54, 1.807) is 23.5 Å². The summed E-state index contributed by atoms with van der Waals surface area (Å²) in [6.45, 7) is 0.700. The lowest BCUT2D eigenvalue weighted by Crippen LogP contribution is -2.00. The molecule has 1 heterocycles. The van der Waals surface area contributed by atoms with Gasteiger partial charge in [-0.05, 0) is 56.0 Å². The molecule has 0 radical (unpaired) electrons. The van der Waals surface area contributed by atoms with Gasteiger partial charge in [0.15, 0.2) is 0 Å². The van der Waals surface area contributed by atoms with Gasteiger partial charge in [0.1, 0.15) is 0 Å². The summed E-state index contributed by atoms with van der Waals surface area (Å²) < 4.78 is 1.92. The highest BCUT2D eigenvalue weighted by molar-refractivity contribution is 14.1. The normalized spacial score (nSPS) is 10.3. The smallest absolute Gasteiger partial charge is 0.270 e. The molecular weight excluding hydrogens is 431 g/mol. The third-order valence-corrected chi connectivity index (χ3v) is 5.11. The average Bonchev–Trinajstić information content (AvgIpc) is 2.73. The zero-order chi connectivity index (χ0) is 13.1. The van der Waals surface area contributed by atoms with Gasteiger partial charge >= 0.3 is 0 Å². The van der Waals surface area contributed by atoms with Crippen LogP contribution in [-0.2, 0) is 6.54 Å². The van der Waals surface area contributed by atoms with Gasteiger partial charge in [0.05, 0.1) is 11.5 Å². The number of halogens is 2. The monoisotopic (exact) mass is 438 g/mol. The zero-order valence-electron chi connectivity index (χ0n) is 9.02. The summed E-state index contributed by atoms with van der Waals surface area (Å²) in [6.07, 6.45) is 0. The number of anilines is 1. The molecule has 1 N–H and O–H groups in total. The number of nitrogens with one attached hydrogen (secondary N) is 1. The van der Waals surface area contributed by atoms with Crippen LogP contribution in [-0.4, -0.2) is 4.92 Å². The number of rotatable bonds is 4. The Labute approximate surface area is 130 Å². The van der Waals surface area contributed by atoms with Crippen molar-refractivity contribution in [1.29, 1.82) is 0 Å². The van der Waals surface area contributed by atoms with Gasteiger partial charge in [-0.1, -0.05) is 0 Å². The van der Waals surface area contributed by atoms with E-state index in [4.69, 9.17) is 0 Å². The summed E-state index contributed by atoms with van der Waals surface area (Å²) in [4.78, 5) is 11.4. The fourth-order valence-electron chi connectivity index (χ4n) is 1.39. The molecule has 0 saturated carbocycles. The summed E-state index contributed by atoms with van der Waals surface area (Å²) in [5.41, 5.74) is 1.02. The summed E-state index contributed by atoms with van der Waals surface area (Å²) in [5, 5.41) is 15.9. The van der Waals surface area contributed by atoms with E-state index in [9.17, 15) is 10.1 Å². The van der Waals surface area contributed by atoms with E-state index < -0.39 is 0 Å². The van der Waals surface area contributed by atoms with Crippen LogP contribution >= 0.6 is 49.9 Å². The number of benzene rings is 1. The predicted molar refractivity (Wildman–Crippen MR) is 85.2 cm³/mol. The molecular formula is C11H8BrIN2O2S. The molecule has 1 aromatic heterocycles. The molecule has 0 spiro atoms. The lowest BCUT2D eigenvalue weighted by Gasteiger charge is -2.07. The number of hydrogen-bond donors (Lipinski definition) is 1. The first-order valence-electron chi connectivity index (χ1n) is 4.97. The molecule has 0 fully saturated rings. The average molecular weight is 439 g/mol. The number of nitro benzene ring substituents is 1. The van der Waals surface area contributed by atoms with Gasteiger partial charge in [-0.3, -0.25) is 10.1 Å². The van der Waals surface area contributed by atoms with Crippen molar-refractivity contribution in [2.24, 2.45) is 0 Å². The minimum absolute atomic E-state index is 0.113. The largest absolute Gasteiger partial charge is 0.379 e. The molecule has 0 aliphatic carbocycles. The van der Waals surface area contributed by atoms with Crippen LogP contribution in [0.1, 0.15) is 4.88 Å². The Balaban J connectivity index is 2.11. The number of nitro groups is 1. The first-order valence-corrected chi connectivity index (χ1v) is 7.73. The van der Waals surface area contributed by atoms with Gasteiger partial charge in [0, 0.05) is 30.7 Å². The van der Waals surface area contributed by atoms with Gasteiger partial charge in [-0.15, -0.1) is 11.3 Å². The van der Waals surface area contributed by atoms with E-state index in [0.29, 0.717) is 6.54 Å². The van der Waals surface area contributed by atoms with E-state index >= 15 is 0 Å². The molecule has 0 amide bonds. The standard InChI is InChI=1S/C11H8BrIN2O2S/c12-8-3-4-18-11(8)6-14-10-2-1-7(15(16)17)5-9(10)13/h1-5,14H,6H2. The van der Waals surface area contributed by atoms with Crippen LogP contribution in [0, 0.1) is 13.7 Å². The van der Waals surface area contributed by atoms with E-state index in [1.165, 1.54) is 10.9 Å². The summed E-state index contributed by atoms with van der Waals surface area (Å²) in [6, 6.07) is 6.81. The molecule has 18 heavy (non-hydrogen) atoms. The highest BCUT2D eigenvalue weighted by Crippen LogP contribution is 2.27. The van der Waals surface area contributed by atoms with Crippen molar-refractivity contribution in [1.82, 2.24) is 0 Å². The van der Waals surface area contributed by atoms with Gasteiger partial charge in [-0.25, -0.2) is 0 Å². The highest BCUT2D eigenvalue weighted by Gasteiger charge is 2.09. The van der Waals surface area contributed by atoms with Crippen molar-refractivity contribution in [3.63, 3.8) is 0 Å². The minimum atomic E-state index is -0.387. The molecule has 0 bridgehead atoms. The minimum Gasteiger partial charge on any atom is -0.379 e. The molecule has 0 unspecified atom stereocenters. The fraction of sp³-hybridized carbons (Fsp3) is 0.0909. The zero-order valence-corrected chi connectivity index (χ0v) is 13.6. The third-order valence-electron chi connectivity index (χ3n) is 2.29. The van der Waals surface area contributed by atoms with Gasteiger partial charge < -0.3 is 5.32 Å². The Morgan fingerprint density at radius 2 is 2.22 bits per heavy atom. The van der Waals surface area contributed by atoms with Gasteiger partial charge in [-0.2, -0.15) is 0 Å². The lowest BCUT2D eigenvalue weighted by molar-refractivity contribution is -0.384. The molecule has 94 valence electrons. The van der Waals surface area contributed by atoms with Crippen molar-refractivity contribution >= 4 is 61.2 Å². The van der Waals surface area contributed by atoms with Crippen LogP contribution in [0.3, 0.4) is 0 Å². The maximum atomic E-state index is 10.6. The van der Waals surface area contributed by atoms with Crippen LogP contribution in [0.4, 0.5) is 11.4 Å². The lowest BCUT2D eigenvalue weighted by atomic mass is 10.3. The van der Waals surface area contributed by atoms with Crippen LogP contribution < -0.4 is 5.32 Å². The second kappa shape index (κ2) is 5.98. The molecule has 0 atom stereocenters. The third kappa shape index (κ3) is 3.21. The van der Waals surface area contributed by atoms with Gasteiger partial charge in [0.2, 0.25) is 0 Å². The maximum absolute atomic E-state index is 10.6. The van der Waals surface area contributed by atoms with Crippen molar-refractivity contribution in [3.05, 3.63) is 52.7 Å². The van der Waals surface area contributed by atoms with Crippen LogP contribution in [0.2, 0.25) is 0 Å². The Bertz CT molecular complexity index is 588. The molecule has 2 rings (SSSR count). The van der Waals surface area contributed by atoms with Crippen molar-refractivity contribution in [2.75, 3.05) is 5.32 Å². The van der Waals surface area contributed by atoms with Crippen molar-refractivity contribution < 1.29 is 4.92 Å². The summed E-state index contributed by atoms with van der Waals surface area (Å²) >= 11 is 7.22. The number of thiophene rings is 1. The molecule has 0 aliphatic heterocycles. The Hall–Kier alpha value is -0.670. The molecule has 1 aromatic carbocycles. The summed E-state index contributed by atoms with van der Waals surface area (Å²) in [7, 11) is 0. The van der Waals surface area contributed by atoms with E-state index in [1.807, 2.05) is 11.4 Å². The second-order valence-corrected chi connectivity index (χ2v) is 6.48. The second-order valence-electron chi connectivity index (χ2n) is 3.47. The Morgan fingerprint density at radius 3 is 2.78 bits per heavy atom. The predicted octanol–water partition coefficient (Wildman–Crippen LogP) is 4.64. The van der Waals surface area contributed by atoms with Gasteiger partial charge in [0.25, 0.3) is 5.69 Å². The SMILES string of the molecule is O=[N+]([O-])c1ccc(NCc2sccc2Br)c(I)c1. The number of nitrogens with zero attached hydrogens (tertiary/aromatic N) is 1. The van der Waals surface area contributed by atoms with Crippen molar-refractivity contribution in [2.45, 2.75) is 6.54 Å². The maximum Gasteiger partial charge on any atom is 0.270 e. The Morgan fingerprint density at radius 1 is 1.44 bits per heavy atom. The molecule has 0 saturated heterocycles. The molecule has 7 heteroatoms. The first-order chi connectivity index (χ1) is 8.58. The quantitative estimate of drug-likeness (QED) is 0.430. The number of hydrogen-bond acceptors (Lipinski definition) is 4. The Kier molecular flexibility index (Phi) is 4.57. The van der Waals surface area contributed by atoms with E-state index in [0.717, 1.165) is 13.7 Å². The highest BCUT2D eigenvalue weighted by atomic mass is 127. The summed E-state index contributed by atoms with van der Waals surface area (Å²) in [5.74, 6) is 0. The molecule has 0 aliphatic rings. The first kappa shape index (κ1) is 13.8. The molecule has 4 nitrogen and oxygen atoms in total. The van der Waals surface area contributed by atoms with Crippen LogP contribution in [0.25, 0.3) is 0 Å². The van der Waals surface area contributed by atoms with E-state index in [2.05, 4.69) is 43.8 Å². The van der Waals surface area contributed by atoms with Crippen LogP contribution in [0.5, 0.6) is 0 Å². The van der Waals surface area contributed by atoms with Crippen molar-refractivity contribution in [3.8, 4) is 0 Å². The van der Waals surface area contributed by atoms with Crippen LogP contribution in [0.15, 0.2) is 34.1 Å². The number of non-ortho nitro benzene ring substituents is 1.